The van der Waals surface area contributed by atoms with E-state index in [1.54, 1.807) is 0 Å². The lowest BCUT2D eigenvalue weighted by Crippen LogP contribution is -2.26. The van der Waals surface area contributed by atoms with Crippen molar-refractivity contribution in [3.8, 4) is 0 Å². The van der Waals surface area contributed by atoms with Gasteiger partial charge in [0, 0.05) is 48.4 Å². The normalized spacial score (nSPS) is 11.3. The fourth-order valence-corrected chi connectivity index (χ4v) is 3.36. The predicted octanol–water partition coefficient (Wildman–Crippen LogP) is 5.24. The van der Waals surface area contributed by atoms with Gasteiger partial charge in [-0.05, 0) is 25.3 Å². The van der Waals surface area contributed by atoms with Crippen molar-refractivity contribution in [2.45, 2.75) is 46.5 Å². The molecule has 0 saturated carbocycles. The summed E-state index contributed by atoms with van der Waals surface area (Å²) in [5.74, 6) is 2.26. The molecule has 0 aliphatic rings. The monoisotopic (exact) mass is 407 g/mol. The number of aromatic nitrogens is 3. The Morgan fingerprint density at radius 1 is 1.07 bits per heavy atom. The van der Waals surface area contributed by atoms with Gasteiger partial charge >= 0.3 is 0 Å². The van der Waals surface area contributed by atoms with E-state index in [-0.39, 0.29) is 0 Å². The van der Waals surface area contributed by atoms with Crippen molar-refractivity contribution in [2.75, 3.05) is 35.3 Å². The van der Waals surface area contributed by atoms with Crippen molar-refractivity contribution in [2.24, 2.45) is 5.10 Å². The zero-order valence-electron chi connectivity index (χ0n) is 18.3. The highest BCUT2D eigenvalue weighted by Gasteiger charge is 2.11. The first kappa shape index (κ1) is 21.6. The second-order valence-electron chi connectivity index (χ2n) is 7.36. The maximum atomic E-state index is 4.75. The van der Waals surface area contributed by atoms with E-state index >= 15 is 0 Å². The molecule has 0 atom stereocenters. The second kappa shape index (κ2) is 11.2. The van der Waals surface area contributed by atoms with Crippen LogP contribution >= 0.6 is 0 Å². The number of fused-ring (bicyclic) bond motifs is 1. The first-order valence-electron chi connectivity index (χ1n) is 11.0. The lowest BCUT2D eigenvalue weighted by molar-refractivity contribution is 0.732. The molecule has 7 nitrogen and oxygen atoms in total. The van der Waals surface area contributed by atoms with Gasteiger partial charge in [-0.25, -0.2) is 0 Å². The van der Waals surface area contributed by atoms with Gasteiger partial charge in [-0.2, -0.15) is 15.1 Å². The Kier molecular flexibility index (Phi) is 8.06. The third-order valence-corrected chi connectivity index (χ3v) is 4.84. The van der Waals surface area contributed by atoms with Crippen molar-refractivity contribution >= 4 is 34.7 Å². The van der Waals surface area contributed by atoms with E-state index in [1.165, 1.54) is 0 Å². The number of anilines is 3. The Morgan fingerprint density at radius 3 is 2.63 bits per heavy atom. The van der Waals surface area contributed by atoms with Gasteiger partial charge in [0.05, 0.1) is 6.21 Å². The molecule has 2 aromatic heterocycles. The summed E-state index contributed by atoms with van der Waals surface area (Å²) < 4.78 is 0. The molecule has 0 fully saturated rings. The Bertz CT molecular complexity index is 942. The van der Waals surface area contributed by atoms with E-state index in [4.69, 9.17) is 4.98 Å². The van der Waals surface area contributed by atoms with Crippen LogP contribution in [0.25, 0.3) is 10.9 Å². The summed E-state index contributed by atoms with van der Waals surface area (Å²) in [6.07, 6.45) is 8.14. The summed E-state index contributed by atoms with van der Waals surface area (Å²) in [7, 11) is 0. The Balaban J connectivity index is 1.80. The zero-order valence-corrected chi connectivity index (χ0v) is 18.3. The molecule has 2 heterocycles. The lowest BCUT2D eigenvalue weighted by atomic mass is 10.2. The molecule has 30 heavy (non-hydrogen) atoms. The van der Waals surface area contributed by atoms with Crippen LogP contribution in [0, 0.1) is 0 Å². The van der Waals surface area contributed by atoms with Crippen LogP contribution in [-0.4, -0.2) is 40.8 Å². The topological polar surface area (TPSA) is 81.2 Å². The van der Waals surface area contributed by atoms with Gasteiger partial charge in [-0.3, -0.25) is 5.43 Å². The molecular weight excluding hydrogens is 374 g/mol. The van der Waals surface area contributed by atoms with E-state index in [1.807, 2.05) is 30.6 Å². The van der Waals surface area contributed by atoms with Crippen molar-refractivity contribution in [3.63, 3.8) is 0 Å². The number of unbranched alkanes of at least 4 members (excludes halogenated alkanes) is 1. The molecular formula is C23H33N7. The average Bonchev–Trinajstić information content (AvgIpc) is 3.17. The summed E-state index contributed by atoms with van der Waals surface area (Å²) in [4.78, 5) is 14.9. The Morgan fingerprint density at radius 2 is 1.87 bits per heavy atom. The van der Waals surface area contributed by atoms with Crippen molar-refractivity contribution in [3.05, 3.63) is 42.1 Å². The summed E-state index contributed by atoms with van der Waals surface area (Å²) in [6.45, 7) is 9.35. The van der Waals surface area contributed by atoms with Crippen molar-refractivity contribution < 1.29 is 0 Å². The summed E-state index contributed by atoms with van der Waals surface area (Å²) >= 11 is 0. The summed E-state index contributed by atoms with van der Waals surface area (Å²) in [5.41, 5.74) is 5.23. The number of nitrogens with one attached hydrogen (secondary N) is 3. The summed E-state index contributed by atoms with van der Waals surface area (Å²) in [6, 6.07) is 10.2. The van der Waals surface area contributed by atoms with Gasteiger partial charge in [0.1, 0.15) is 5.82 Å². The predicted molar refractivity (Wildman–Crippen MR) is 128 cm³/mol. The molecule has 3 rings (SSSR count). The average molecular weight is 408 g/mol. The molecule has 0 radical (unpaired) electrons. The van der Waals surface area contributed by atoms with Gasteiger partial charge in [0.2, 0.25) is 5.95 Å². The van der Waals surface area contributed by atoms with Gasteiger partial charge in [-0.1, -0.05) is 45.4 Å². The first-order valence-corrected chi connectivity index (χ1v) is 11.0. The van der Waals surface area contributed by atoms with Gasteiger partial charge < -0.3 is 15.2 Å². The minimum atomic E-state index is 0.642. The van der Waals surface area contributed by atoms with Crippen LogP contribution in [0.5, 0.6) is 0 Å². The third-order valence-electron chi connectivity index (χ3n) is 4.84. The minimum absolute atomic E-state index is 0.642. The van der Waals surface area contributed by atoms with Crippen LogP contribution < -0.4 is 15.6 Å². The Labute approximate surface area is 179 Å². The smallest absolute Gasteiger partial charge is 0.226 e. The number of hydrogen-bond donors (Lipinski definition) is 3. The van der Waals surface area contributed by atoms with Crippen LogP contribution in [0.1, 0.15) is 52.0 Å². The lowest BCUT2D eigenvalue weighted by Gasteiger charge is -2.23. The van der Waals surface area contributed by atoms with E-state index in [9.17, 15) is 0 Å². The molecule has 0 bridgehead atoms. The minimum Gasteiger partial charge on any atom is -0.361 e. The maximum absolute atomic E-state index is 4.75. The molecule has 160 valence electrons. The number of nitrogens with zero attached hydrogens (tertiary/aromatic N) is 4. The zero-order chi connectivity index (χ0) is 21.2. The molecule has 7 heteroatoms. The molecule has 0 unspecified atom stereocenters. The molecule has 3 N–H and O–H groups in total. The van der Waals surface area contributed by atoms with E-state index < -0.39 is 0 Å². The highest BCUT2D eigenvalue weighted by molar-refractivity contribution is 5.99. The molecule has 0 aliphatic carbocycles. The van der Waals surface area contributed by atoms with Gasteiger partial charge in [-0.15, -0.1) is 0 Å². The van der Waals surface area contributed by atoms with Crippen LogP contribution in [0.15, 0.2) is 41.6 Å². The number of aromatic amines is 1. The van der Waals surface area contributed by atoms with Crippen LogP contribution in [0.2, 0.25) is 0 Å². The van der Waals surface area contributed by atoms with Crippen LogP contribution in [-0.2, 0) is 0 Å². The fourth-order valence-electron chi connectivity index (χ4n) is 3.36. The quantitative estimate of drug-likeness (QED) is 0.217. The number of hydrogen-bond acceptors (Lipinski definition) is 6. The van der Waals surface area contributed by atoms with E-state index in [2.05, 4.69) is 63.6 Å². The third kappa shape index (κ3) is 5.72. The Hall–Kier alpha value is -3.09. The molecule has 0 aliphatic heterocycles. The molecule has 3 aromatic rings. The standard InChI is InChI=1S/C23H33N7/c1-4-7-12-24-23-27-21(15-22(28-23)30(13-5-2)14-6-3)29-26-17-18-16-25-20-11-9-8-10-19(18)20/h8-11,15-17,25H,4-7,12-14H2,1-3H3,(H2,24,27,28,29)/b26-17+. The SMILES string of the molecule is CCCCNc1nc(N/N=C/c2c[nH]c3ccccc23)cc(N(CCC)CCC)n1. The highest BCUT2D eigenvalue weighted by Crippen LogP contribution is 2.20. The number of benzene rings is 1. The maximum Gasteiger partial charge on any atom is 0.226 e. The largest absolute Gasteiger partial charge is 0.361 e. The summed E-state index contributed by atoms with van der Waals surface area (Å²) in [5, 5.41) is 8.92. The second-order valence-corrected chi connectivity index (χ2v) is 7.36. The van der Waals surface area contributed by atoms with E-state index in [0.29, 0.717) is 11.8 Å². The molecule has 1 aromatic carbocycles. The molecule has 0 saturated heterocycles. The highest BCUT2D eigenvalue weighted by atomic mass is 15.3. The van der Waals surface area contributed by atoms with Crippen molar-refractivity contribution in [1.29, 1.82) is 0 Å². The van der Waals surface area contributed by atoms with Gasteiger partial charge in [0.25, 0.3) is 0 Å². The van der Waals surface area contributed by atoms with Crippen LogP contribution in [0.3, 0.4) is 0 Å². The fraction of sp³-hybridized carbons (Fsp3) is 0.435. The first-order chi connectivity index (χ1) is 14.7. The van der Waals surface area contributed by atoms with Gasteiger partial charge in [0.15, 0.2) is 5.82 Å². The number of para-hydroxylation sites is 1. The van der Waals surface area contributed by atoms with Crippen LogP contribution in [0.4, 0.5) is 17.6 Å². The molecule has 0 spiro atoms. The number of rotatable bonds is 12. The number of hydrazone groups is 1. The van der Waals surface area contributed by atoms with Crippen molar-refractivity contribution in [1.82, 2.24) is 15.0 Å². The number of H-pyrrole nitrogens is 1. The van der Waals surface area contributed by atoms with E-state index in [0.717, 1.165) is 67.6 Å². The molecule has 0 amide bonds.